The molecular weight excluding hydrogens is 190 g/mol. The molecule has 0 bridgehead atoms. The molecule has 1 aromatic rings. The number of phenols is 1. The summed E-state index contributed by atoms with van der Waals surface area (Å²) in [4.78, 5) is 0. The van der Waals surface area contributed by atoms with Crippen molar-refractivity contribution in [3.8, 4) is 11.5 Å². The molecule has 2 rings (SSSR count). The molecule has 0 unspecified atom stereocenters. The third kappa shape index (κ3) is 2.55. The molecule has 0 spiro atoms. The summed E-state index contributed by atoms with van der Waals surface area (Å²) in [6.07, 6.45) is 6.31. The van der Waals surface area contributed by atoms with Crippen molar-refractivity contribution in [1.29, 1.82) is 0 Å². The van der Waals surface area contributed by atoms with E-state index < -0.39 is 0 Å². The van der Waals surface area contributed by atoms with Crippen molar-refractivity contribution in [3.05, 3.63) is 18.2 Å². The monoisotopic (exact) mass is 207 g/mol. The van der Waals surface area contributed by atoms with Crippen LogP contribution in [-0.4, -0.2) is 11.2 Å². The average Bonchev–Trinajstić information content (AvgIpc) is 2.24. The Morgan fingerprint density at radius 1 is 1.20 bits per heavy atom. The largest absolute Gasteiger partial charge is 0.508 e. The summed E-state index contributed by atoms with van der Waals surface area (Å²) < 4.78 is 5.80. The second-order valence-corrected chi connectivity index (χ2v) is 4.10. The third-order valence-corrected chi connectivity index (χ3v) is 2.84. The van der Waals surface area contributed by atoms with E-state index in [4.69, 9.17) is 10.5 Å². The number of nitrogen functional groups attached to an aromatic ring is 1. The lowest BCUT2D eigenvalue weighted by Gasteiger charge is -2.23. The molecule has 0 radical (unpaired) electrons. The van der Waals surface area contributed by atoms with E-state index in [9.17, 15) is 5.11 Å². The summed E-state index contributed by atoms with van der Waals surface area (Å²) in [7, 11) is 0. The van der Waals surface area contributed by atoms with E-state index in [1.807, 2.05) is 0 Å². The van der Waals surface area contributed by atoms with Crippen LogP contribution in [0, 0.1) is 0 Å². The lowest BCUT2D eigenvalue weighted by atomic mass is 9.98. The average molecular weight is 207 g/mol. The summed E-state index contributed by atoms with van der Waals surface area (Å²) in [5.41, 5.74) is 6.27. The van der Waals surface area contributed by atoms with Gasteiger partial charge in [-0.25, -0.2) is 0 Å². The Kier molecular flexibility index (Phi) is 2.99. The fourth-order valence-electron chi connectivity index (χ4n) is 2.01. The molecule has 15 heavy (non-hydrogen) atoms. The second kappa shape index (κ2) is 4.43. The molecule has 3 heteroatoms. The minimum Gasteiger partial charge on any atom is -0.508 e. The highest BCUT2D eigenvalue weighted by Gasteiger charge is 2.15. The summed E-state index contributed by atoms with van der Waals surface area (Å²) in [6, 6.07) is 4.87. The molecule has 0 atom stereocenters. The topological polar surface area (TPSA) is 55.5 Å². The van der Waals surface area contributed by atoms with Crippen molar-refractivity contribution in [2.24, 2.45) is 0 Å². The highest BCUT2D eigenvalue weighted by molar-refractivity contribution is 5.55. The Labute approximate surface area is 89.9 Å². The van der Waals surface area contributed by atoms with Crippen LogP contribution in [0.4, 0.5) is 5.69 Å². The first-order valence-corrected chi connectivity index (χ1v) is 5.51. The maximum Gasteiger partial charge on any atom is 0.142 e. The van der Waals surface area contributed by atoms with Crippen LogP contribution in [0.25, 0.3) is 0 Å². The summed E-state index contributed by atoms with van der Waals surface area (Å²) in [5.74, 6) is 0.878. The van der Waals surface area contributed by atoms with Gasteiger partial charge in [-0.15, -0.1) is 0 Å². The molecule has 1 saturated carbocycles. The van der Waals surface area contributed by atoms with Gasteiger partial charge in [-0.05, 0) is 37.8 Å². The fraction of sp³-hybridized carbons (Fsp3) is 0.500. The summed E-state index contributed by atoms with van der Waals surface area (Å²) in [6.45, 7) is 0. The summed E-state index contributed by atoms with van der Waals surface area (Å²) >= 11 is 0. The van der Waals surface area contributed by atoms with Gasteiger partial charge in [0.05, 0.1) is 11.8 Å². The quantitative estimate of drug-likeness (QED) is 0.733. The summed E-state index contributed by atoms with van der Waals surface area (Å²) in [5, 5.41) is 9.21. The molecular formula is C12H17NO2. The SMILES string of the molecule is Nc1cc(O)ccc1OC1CCCCC1. The van der Waals surface area contributed by atoms with Crippen LogP contribution in [0.5, 0.6) is 11.5 Å². The van der Waals surface area contributed by atoms with Crippen molar-refractivity contribution >= 4 is 5.69 Å². The minimum absolute atomic E-state index is 0.184. The molecule has 1 fully saturated rings. The van der Waals surface area contributed by atoms with Crippen molar-refractivity contribution in [1.82, 2.24) is 0 Å². The predicted octanol–water partition coefficient (Wildman–Crippen LogP) is 2.69. The molecule has 1 aromatic carbocycles. The molecule has 82 valence electrons. The van der Waals surface area contributed by atoms with E-state index in [-0.39, 0.29) is 5.75 Å². The number of rotatable bonds is 2. The Bertz CT molecular complexity index is 332. The Hall–Kier alpha value is -1.38. The van der Waals surface area contributed by atoms with Gasteiger partial charge >= 0.3 is 0 Å². The van der Waals surface area contributed by atoms with Gasteiger partial charge in [0.2, 0.25) is 0 Å². The van der Waals surface area contributed by atoms with Crippen molar-refractivity contribution < 1.29 is 9.84 Å². The van der Waals surface area contributed by atoms with Crippen LogP contribution in [-0.2, 0) is 0 Å². The number of anilines is 1. The van der Waals surface area contributed by atoms with Gasteiger partial charge in [0.1, 0.15) is 11.5 Å². The normalized spacial score (nSPS) is 17.6. The van der Waals surface area contributed by atoms with Crippen LogP contribution in [0.15, 0.2) is 18.2 Å². The zero-order valence-corrected chi connectivity index (χ0v) is 8.78. The number of aromatic hydroxyl groups is 1. The van der Waals surface area contributed by atoms with Gasteiger partial charge in [0.25, 0.3) is 0 Å². The molecule has 3 nitrogen and oxygen atoms in total. The first kappa shape index (κ1) is 10.1. The molecule has 0 saturated heterocycles. The van der Waals surface area contributed by atoms with E-state index in [2.05, 4.69) is 0 Å². The maximum atomic E-state index is 9.21. The van der Waals surface area contributed by atoms with Crippen molar-refractivity contribution in [2.75, 3.05) is 5.73 Å². The zero-order valence-electron chi connectivity index (χ0n) is 8.78. The van der Waals surface area contributed by atoms with E-state index in [1.54, 1.807) is 12.1 Å². The van der Waals surface area contributed by atoms with Crippen LogP contribution in [0.2, 0.25) is 0 Å². The minimum atomic E-state index is 0.184. The Balaban J connectivity index is 2.03. The maximum absolute atomic E-state index is 9.21. The molecule has 3 N–H and O–H groups in total. The molecule has 0 amide bonds. The van der Waals surface area contributed by atoms with Crippen LogP contribution in [0.3, 0.4) is 0 Å². The third-order valence-electron chi connectivity index (χ3n) is 2.84. The lowest BCUT2D eigenvalue weighted by Crippen LogP contribution is -2.20. The number of hydrogen-bond donors (Lipinski definition) is 2. The van der Waals surface area contributed by atoms with Gasteiger partial charge in [0, 0.05) is 6.07 Å². The number of ether oxygens (including phenoxy) is 1. The standard InChI is InChI=1S/C12H17NO2/c13-11-8-9(14)6-7-12(11)15-10-4-2-1-3-5-10/h6-8,10,14H,1-5,13H2. The van der Waals surface area contributed by atoms with E-state index in [0.717, 1.165) is 12.8 Å². The van der Waals surface area contributed by atoms with Crippen LogP contribution < -0.4 is 10.5 Å². The second-order valence-electron chi connectivity index (χ2n) is 4.10. The molecule has 0 aromatic heterocycles. The lowest BCUT2D eigenvalue weighted by molar-refractivity contribution is 0.156. The van der Waals surface area contributed by atoms with Crippen molar-refractivity contribution in [3.63, 3.8) is 0 Å². The molecule has 1 aliphatic carbocycles. The van der Waals surface area contributed by atoms with Gasteiger partial charge in [-0.2, -0.15) is 0 Å². The van der Waals surface area contributed by atoms with Gasteiger partial charge < -0.3 is 15.6 Å². The van der Waals surface area contributed by atoms with Gasteiger partial charge in [0.15, 0.2) is 0 Å². The van der Waals surface area contributed by atoms with Crippen LogP contribution >= 0.6 is 0 Å². The predicted molar refractivity (Wildman–Crippen MR) is 60.0 cm³/mol. The fourth-order valence-corrected chi connectivity index (χ4v) is 2.01. The Morgan fingerprint density at radius 2 is 1.93 bits per heavy atom. The number of benzene rings is 1. The highest BCUT2D eigenvalue weighted by Crippen LogP contribution is 2.29. The number of phenolic OH excluding ortho intramolecular Hbond substituents is 1. The number of nitrogens with two attached hydrogens (primary N) is 1. The van der Waals surface area contributed by atoms with Gasteiger partial charge in [-0.3, -0.25) is 0 Å². The zero-order chi connectivity index (χ0) is 10.7. The molecule has 0 heterocycles. The first-order valence-electron chi connectivity index (χ1n) is 5.51. The van der Waals surface area contributed by atoms with E-state index in [0.29, 0.717) is 17.5 Å². The van der Waals surface area contributed by atoms with Crippen LogP contribution in [0.1, 0.15) is 32.1 Å². The molecule has 1 aliphatic rings. The van der Waals surface area contributed by atoms with E-state index in [1.165, 1.54) is 25.3 Å². The van der Waals surface area contributed by atoms with E-state index >= 15 is 0 Å². The smallest absolute Gasteiger partial charge is 0.142 e. The Morgan fingerprint density at radius 3 is 2.60 bits per heavy atom. The number of hydrogen-bond acceptors (Lipinski definition) is 3. The first-order chi connectivity index (χ1) is 7.25. The van der Waals surface area contributed by atoms with Crippen molar-refractivity contribution in [2.45, 2.75) is 38.2 Å². The molecule has 0 aliphatic heterocycles. The van der Waals surface area contributed by atoms with Gasteiger partial charge in [-0.1, -0.05) is 6.42 Å². The highest BCUT2D eigenvalue weighted by atomic mass is 16.5.